The molecule has 0 aliphatic carbocycles. The molecule has 1 saturated heterocycles. The Morgan fingerprint density at radius 3 is 2.60 bits per heavy atom. The number of rotatable bonds is 6. The summed E-state index contributed by atoms with van der Waals surface area (Å²) in [5.74, 6) is 0.234. The fraction of sp³-hybridized carbons (Fsp3) is 0.292. The van der Waals surface area contributed by atoms with Crippen molar-refractivity contribution in [2.75, 3.05) is 43.4 Å². The van der Waals surface area contributed by atoms with Crippen molar-refractivity contribution < 1.29 is 13.2 Å². The first-order chi connectivity index (χ1) is 17.1. The first-order valence-corrected chi connectivity index (χ1v) is 11.5. The van der Waals surface area contributed by atoms with Crippen LogP contribution in [0.5, 0.6) is 0 Å². The topological polar surface area (TPSA) is 93.6 Å². The average molecular weight is 479 g/mol. The largest absolute Gasteiger partial charge is 0.461 e. The van der Waals surface area contributed by atoms with Crippen molar-refractivity contribution in [3.05, 3.63) is 60.5 Å². The van der Waals surface area contributed by atoms with E-state index in [4.69, 9.17) is 10.2 Å². The molecule has 0 saturated carbocycles. The van der Waals surface area contributed by atoms with Crippen molar-refractivity contribution >= 4 is 28.3 Å². The second-order valence-corrected chi connectivity index (χ2v) is 8.64. The monoisotopic (exact) mass is 478 g/mol. The van der Waals surface area contributed by atoms with E-state index >= 15 is 0 Å². The SMILES string of the molecule is Nc1nc2c(ccn2CCCN2CCN(c3ccc(F)cc3F)CC2)c2nc(-c3ccco3)nn12. The maximum atomic E-state index is 14.1. The minimum atomic E-state index is -0.554. The molecule has 9 nitrogen and oxygen atoms in total. The molecule has 35 heavy (non-hydrogen) atoms. The number of anilines is 2. The van der Waals surface area contributed by atoms with Gasteiger partial charge in [-0.15, -0.1) is 5.10 Å². The molecule has 1 aromatic carbocycles. The zero-order chi connectivity index (χ0) is 23.9. The molecular weight excluding hydrogens is 454 g/mol. The number of hydrogen-bond donors (Lipinski definition) is 1. The molecule has 0 bridgehead atoms. The summed E-state index contributed by atoms with van der Waals surface area (Å²) in [7, 11) is 0. The lowest BCUT2D eigenvalue weighted by molar-refractivity contribution is 0.250. The van der Waals surface area contributed by atoms with Crippen LogP contribution >= 0.6 is 0 Å². The van der Waals surface area contributed by atoms with E-state index in [1.807, 2.05) is 17.2 Å². The van der Waals surface area contributed by atoms with Crippen molar-refractivity contribution in [1.82, 2.24) is 29.0 Å². The van der Waals surface area contributed by atoms with Gasteiger partial charge in [-0.25, -0.2) is 13.8 Å². The highest BCUT2D eigenvalue weighted by atomic mass is 19.1. The van der Waals surface area contributed by atoms with Gasteiger partial charge in [0, 0.05) is 45.0 Å². The number of fused-ring (bicyclic) bond motifs is 3. The van der Waals surface area contributed by atoms with Crippen LogP contribution in [0.3, 0.4) is 0 Å². The fourth-order valence-electron chi connectivity index (χ4n) is 4.67. The minimum Gasteiger partial charge on any atom is -0.461 e. The summed E-state index contributed by atoms with van der Waals surface area (Å²) in [6, 6.07) is 9.33. The van der Waals surface area contributed by atoms with Crippen LogP contribution in [0, 0.1) is 11.6 Å². The Balaban J connectivity index is 1.11. The number of piperazine rings is 1. The van der Waals surface area contributed by atoms with E-state index in [9.17, 15) is 8.78 Å². The average Bonchev–Trinajstić information content (AvgIpc) is 3.60. The Bertz CT molecular complexity index is 1480. The molecule has 2 N–H and O–H groups in total. The predicted octanol–water partition coefficient (Wildman–Crippen LogP) is 3.41. The normalized spacial score (nSPS) is 15.0. The van der Waals surface area contributed by atoms with Crippen LogP contribution in [0.4, 0.5) is 20.4 Å². The third kappa shape index (κ3) is 3.97. The number of halogens is 2. The summed E-state index contributed by atoms with van der Waals surface area (Å²) in [6.45, 7) is 4.74. The standard InChI is InChI=1S/C24H24F2N8O/c25-16-4-5-19(18(26)15-16)32-12-10-31(11-13-32)7-2-8-33-9-6-17-22(33)29-24(27)34-23(17)28-21(30-34)20-3-1-14-35-20/h1,3-6,9,14-15H,2,7-8,10-13H2,(H2,27,29). The second-order valence-electron chi connectivity index (χ2n) is 8.64. The van der Waals surface area contributed by atoms with Gasteiger partial charge in [-0.05, 0) is 43.3 Å². The summed E-state index contributed by atoms with van der Waals surface area (Å²) in [5, 5.41) is 5.31. The van der Waals surface area contributed by atoms with Gasteiger partial charge in [0.2, 0.25) is 11.8 Å². The predicted molar refractivity (Wildman–Crippen MR) is 128 cm³/mol. The maximum absolute atomic E-state index is 14.1. The second kappa shape index (κ2) is 8.66. The summed E-state index contributed by atoms with van der Waals surface area (Å²) in [6.07, 6.45) is 4.50. The van der Waals surface area contributed by atoms with E-state index in [1.165, 1.54) is 16.6 Å². The molecular formula is C24H24F2N8O. The van der Waals surface area contributed by atoms with Crippen molar-refractivity contribution in [1.29, 1.82) is 0 Å². The maximum Gasteiger partial charge on any atom is 0.225 e. The van der Waals surface area contributed by atoms with Crippen LogP contribution in [0.25, 0.3) is 28.3 Å². The van der Waals surface area contributed by atoms with Gasteiger partial charge in [0.05, 0.1) is 17.3 Å². The van der Waals surface area contributed by atoms with E-state index in [0.717, 1.165) is 49.7 Å². The van der Waals surface area contributed by atoms with Crippen LogP contribution in [0.1, 0.15) is 6.42 Å². The number of nitrogens with two attached hydrogens (primary N) is 1. The van der Waals surface area contributed by atoms with Crippen molar-refractivity contribution in [3.63, 3.8) is 0 Å². The summed E-state index contributed by atoms with van der Waals surface area (Å²) in [4.78, 5) is 13.5. The van der Waals surface area contributed by atoms with Crippen molar-refractivity contribution in [2.45, 2.75) is 13.0 Å². The molecule has 0 radical (unpaired) electrons. The molecule has 5 heterocycles. The van der Waals surface area contributed by atoms with Crippen LogP contribution in [0.2, 0.25) is 0 Å². The van der Waals surface area contributed by atoms with Crippen LogP contribution in [-0.2, 0) is 6.54 Å². The summed E-state index contributed by atoms with van der Waals surface area (Å²) in [5.41, 5.74) is 8.06. The molecule has 180 valence electrons. The Hall–Kier alpha value is -3.99. The molecule has 1 aliphatic rings. The van der Waals surface area contributed by atoms with E-state index in [2.05, 4.69) is 24.5 Å². The van der Waals surface area contributed by atoms with Gasteiger partial charge in [-0.1, -0.05) is 0 Å². The van der Waals surface area contributed by atoms with Gasteiger partial charge in [-0.3, -0.25) is 4.90 Å². The highest BCUT2D eigenvalue weighted by molar-refractivity contribution is 5.91. The van der Waals surface area contributed by atoms with Gasteiger partial charge in [-0.2, -0.15) is 9.50 Å². The molecule has 1 fully saturated rings. The third-order valence-electron chi connectivity index (χ3n) is 6.46. The number of benzene rings is 1. The molecule has 4 aromatic heterocycles. The highest BCUT2D eigenvalue weighted by Crippen LogP contribution is 2.25. The first kappa shape index (κ1) is 21.5. The fourth-order valence-corrected chi connectivity index (χ4v) is 4.67. The molecule has 11 heteroatoms. The molecule has 6 rings (SSSR count). The van der Waals surface area contributed by atoms with E-state index in [-0.39, 0.29) is 5.95 Å². The Kier molecular flexibility index (Phi) is 5.33. The number of furan rings is 1. The lowest BCUT2D eigenvalue weighted by Crippen LogP contribution is -2.47. The molecule has 0 spiro atoms. The van der Waals surface area contributed by atoms with Gasteiger partial charge < -0.3 is 19.6 Å². The molecule has 0 unspecified atom stereocenters. The third-order valence-corrected chi connectivity index (χ3v) is 6.46. The zero-order valence-electron chi connectivity index (χ0n) is 18.9. The number of nitrogen functional groups attached to an aromatic ring is 1. The van der Waals surface area contributed by atoms with Gasteiger partial charge >= 0.3 is 0 Å². The smallest absolute Gasteiger partial charge is 0.225 e. The number of hydrogen-bond acceptors (Lipinski definition) is 7. The summed E-state index contributed by atoms with van der Waals surface area (Å²) < 4.78 is 36.3. The Labute approximate surface area is 199 Å². The van der Waals surface area contributed by atoms with Crippen molar-refractivity contribution in [2.24, 2.45) is 0 Å². The Morgan fingerprint density at radius 1 is 0.971 bits per heavy atom. The number of aromatic nitrogens is 5. The van der Waals surface area contributed by atoms with Gasteiger partial charge in [0.15, 0.2) is 11.4 Å². The molecule has 0 amide bonds. The Morgan fingerprint density at radius 2 is 1.83 bits per heavy atom. The number of nitrogens with zero attached hydrogens (tertiary/aromatic N) is 7. The first-order valence-electron chi connectivity index (χ1n) is 11.5. The molecule has 1 aliphatic heterocycles. The summed E-state index contributed by atoms with van der Waals surface area (Å²) >= 11 is 0. The zero-order valence-corrected chi connectivity index (χ0v) is 18.9. The highest BCUT2D eigenvalue weighted by Gasteiger charge is 2.20. The van der Waals surface area contributed by atoms with Crippen molar-refractivity contribution in [3.8, 4) is 11.6 Å². The van der Waals surface area contributed by atoms with E-state index in [0.29, 0.717) is 36.0 Å². The number of aryl methyl sites for hydroxylation is 1. The van der Waals surface area contributed by atoms with Crippen LogP contribution < -0.4 is 10.6 Å². The molecule has 5 aromatic rings. The van der Waals surface area contributed by atoms with Gasteiger partial charge in [0.25, 0.3) is 0 Å². The van der Waals surface area contributed by atoms with E-state index in [1.54, 1.807) is 18.4 Å². The van der Waals surface area contributed by atoms with Crippen LogP contribution in [-0.4, -0.2) is 61.8 Å². The van der Waals surface area contributed by atoms with Gasteiger partial charge in [0.1, 0.15) is 17.3 Å². The lowest BCUT2D eigenvalue weighted by atomic mass is 10.2. The lowest BCUT2D eigenvalue weighted by Gasteiger charge is -2.36. The van der Waals surface area contributed by atoms with Crippen LogP contribution in [0.15, 0.2) is 53.3 Å². The minimum absolute atomic E-state index is 0.266. The quantitative estimate of drug-likeness (QED) is 0.400. The molecule has 0 atom stereocenters. The van der Waals surface area contributed by atoms with E-state index < -0.39 is 11.6 Å².